The van der Waals surface area contributed by atoms with Gasteiger partial charge in [0.2, 0.25) is 5.91 Å². The third-order valence-electron chi connectivity index (χ3n) is 6.44. The molecule has 3 aromatic rings. The summed E-state index contributed by atoms with van der Waals surface area (Å²) in [5.41, 5.74) is -1.68. The first kappa shape index (κ1) is 27.2. The average Bonchev–Trinajstić information content (AvgIpc) is 3.34. The van der Waals surface area contributed by atoms with Gasteiger partial charge in [-0.25, -0.2) is 27.5 Å². The number of alkyl halides is 2. The van der Waals surface area contributed by atoms with Crippen molar-refractivity contribution in [2.75, 3.05) is 18.5 Å². The van der Waals surface area contributed by atoms with Crippen LogP contribution in [0.25, 0.3) is 0 Å². The highest BCUT2D eigenvalue weighted by atomic mass is 19.3. The van der Waals surface area contributed by atoms with Gasteiger partial charge >= 0.3 is 0 Å². The molecule has 2 aromatic carbocycles. The van der Waals surface area contributed by atoms with Crippen LogP contribution in [0.1, 0.15) is 47.1 Å². The number of ether oxygens (including phenoxy) is 1. The summed E-state index contributed by atoms with van der Waals surface area (Å²) in [4.78, 5) is 33.9. The number of hydrogen-bond acceptors (Lipinski definition) is 6. The molecule has 1 atom stereocenters. The Morgan fingerprint density at radius 3 is 2.47 bits per heavy atom. The highest BCUT2D eigenvalue weighted by Crippen LogP contribution is 2.37. The number of halogens is 4. The predicted octanol–water partition coefficient (Wildman–Crippen LogP) is 5.21. The number of carbonyl (C=O) groups excluding carboxylic acids is 2. The lowest BCUT2D eigenvalue weighted by atomic mass is 9.80. The Hall–Kier alpha value is -3.86. The number of aromatic nitrogens is 2. The van der Waals surface area contributed by atoms with Gasteiger partial charge in [-0.05, 0) is 31.5 Å². The lowest BCUT2D eigenvalue weighted by Gasteiger charge is -2.25. The van der Waals surface area contributed by atoms with Gasteiger partial charge in [0.05, 0.1) is 23.3 Å². The van der Waals surface area contributed by atoms with Crippen molar-refractivity contribution in [1.82, 2.24) is 15.3 Å². The first-order valence-electron chi connectivity index (χ1n) is 11.9. The summed E-state index contributed by atoms with van der Waals surface area (Å²) in [7, 11) is 0. The number of benzene rings is 2. The second-order valence-electron chi connectivity index (χ2n) is 9.37. The SMILES string of the molecule is Cc1ncc(C(=O)C[C@@]2(C(=O)NCc3ccc(Nc4c(F)cccc4C(C)(F)F)cc3F)CCOC2)cn1. The van der Waals surface area contributed by atoms with E-state index < -0.39 is 40.1 Å². The summed E-state index contributed by atoms with van der Waals surface area (Å²) in [6.45, 7) is 2.48. The maximum Gasteiger partial charge on any atom is 0.272 e. The Bertz CT molecular complexity index is 1340. The van der Waals surface area contributed by atoms with Crippen LogP contribution in [-0.4, -0.2) is 34.9 Å². The Balaban J connectivity index is 1.45. The first-order chi connectivity index (χ1) is 18.0. The number of ketones is 1. The first-order valence-corrected chi connectivity index (χ1v) is 11.9. The standard InChI is InChI=1S/C27H26F4N4O3/c1-16-32-13-18(14-33-16)23(36)11-27(8-9-38-15-27)25(37)34-12-17-6-7-19(10-22(17)29)35-24-20(26(2,30)31)4-3-5-21(24)28/h3-7,10,13-14,35H,8-9,11-12,15H2,1-2H3,(H,34,37)/t27-/m0/s1. The van der Waals surface area contributed by atoms with E-state index in [1.54, 1.807) is 6.92 Å². The fraction of sp³-hybridized carbons (Fsp3) is 0.333. The smallest absolute Gasteiger partial charge is 0.272 e. The molecule has 0 radical (unpaired) electrons. The van der Waals surface area contributed by atoms with Gasteiger partial charge < -0.3 is 15.4 Å². The molecule has 0 saturated carbocycles. The van der Waals surface area contributed by atoms with Crippen molar-refractivity contribution < 1.29 is 31.9 Å². The molecule has 200 valence electrons. The normalized spacial score (nSPS) is 17.3. The Morgan fingerprint density at radius 2 is 1.84 bits per heavy atom. The number of rotatable bonds is 9. The molecule has 11 heteroatoms. The number of para-hydroxylation sites is 1. The summed E-state index contributed by atoms with van der Waals surface area (Å²) in [6, 6.07) is 7.06. The monoisotopic (exact) mass is 530 g/mol. The molecule has 1 saturated heterocycles. The number of nitrogens with one attached hydrogen (secondary N) is 2. The van der Waals surface area contributed by atoms with Crippen LogP contribution in [0, 0.1) is 24.0 Å². The Kier molecular flexibility index (Phi) is 7.77. The Morgan fingerprint density at radius 1 is 1.11 bits per heavy atom. The van der Waals surface area contributed by atoms with Crippen molar-refractivity contribution in [3.63, 3.8) is 0 Å². The number of aryl methyl sites for hydroxylation is 1. The highest BCUT2D eigenvalue weighted by Gasteiger charge is 2.44. The molecule has 1 aliphatic heterocycles. The van der Waals surface area contributed by atoms with Gasteiger partial charge in [0.25, 0.3) is 5.92 Å². The van der Waals surface area contributed by atoms with Crippen LogP contribution in [-0.2, 0) is 22.0 Å². The molecule has 0 aliphatic carbocycles. The second-order valence-corrected chi connectivity index (χ2v) is 9.37. The summed E-state index contributed by atoms with van der Waals surface area (Å²) < 4.78 is 62.4. The number of nitrogens with zero attached hydrogens (tertiary/aromatic N) is 2. The van der Waals surface area contributed by atoms with E-state index in [0.29, 0.717) is 25.8 Å². The van der Waals surface area contributed by atoms with Crippen molar-refractivity contribution in [2.45, 2.75) is 39.2 Å². The van der Waals surface area contributed by atoms with Crippen LogP contribution in [0.4, 0.5) is 28.9 Å². The topological polar surface area (TPSA) is 93.2 Å². The largest absolute Gasteiger partial charge is 0.380 e. The van der Waals surface area contributed by atoms with Gasteiger partial charge in [-0.1, -0.05) is 18.2 Å². The van der Waals surface area contributed by atoms with E-state index in [1.807, 2.05) is 0 Å². The van der Waals surface area contributed by atoms with E-state index in [9.17, 15) is 27.2 Å². The molecule has 2 heterocycles. The van der Waals surface area contributed by atoms with Crippen molar-refractivity contribution in [3.05, 3.63) is 82.9 Å². The van der Waals surface area contributed by atoms with E-state index in [4.69, 9.17) is 4.74 Å². The Labute approximate surface area is 216 Å². The minimum absolute atomic E-state index is 0.0374. The molecule has 7 nitrogen and oxygen atoms in total. The van der Waals surface area contributed by atoms with E-state index >= 15 is 0 Å². The summed E-state index contributed by atoms with van der Waals surface area (Å²) in [6.07, 6.45) is 3.01. The zero-order valence-electron chi connectivity index (χ0n) is 20.8. The fourth-order valence-electron chi connectivity index (χ4n) is 4.24. The summed E-state index contributed by atoms with van der Waals surface area (Å²) in [5, 5.41) is 5.20. The molecule has 1 aromatic heterocycles. The minimum Gasteiger partial charge on any atom is -0.380 e. The lowest BCUT2D eigenvalue weighted by Crippen LogP contribution is -2.42. The van der Waals surface area contributed by atoms with Crippen molar-refractivity contribution in [3.8, 4) is 0 Å². The van der Waals surface area contributed by atoms with Gasteiger partial charge in [-0.3, -0.25) is 9.59 Å². The van der Waals surface area contributed by atoms with Crippen LogP contribution in [0.2, 0.25) is 0 Å². The molecule has 1 aliphatic rings. The molecule has 38 heavy (non-hydrogen) atoms. The lowest BCUT2D eigenvalue weighted by molar-refractivity contribution is -0.131. The molecule has 4 rings (SSSR count). The van der Waals surface area contributed by atoms with Gasteiger partial charge in [0, 0.05) is 55.7 Å². The van der Waals surface area contributed by atoms with Crippen LogP contribution in [0.3, 0.4) is 0 Å². The average molecular weight is 531 g/mol. The van der Waals surface area contributed by atoms with E-state index in [1.165, 1.54) is 30.6 Å². The quantitative estimate of drug-likeness (QED) is 0.291. The molecule has 0 spiro atoms. The third kappa shape index (κ3) is 5.99. The summed E-state index contributed by atoms with van der Waals surface area (Å²) >= 11 is 0. The molecular weight excluding hydrogens is 504 g/mol. The van der Waals surface area contributed by atoms with Gasteiger partial charge in [0.15, 0.2) is 5.78 Å². The number of amides is 1. The van der Waals surface area contributed by atoms with Gasteiger partial charge in [-0.2, -0.15) is 0 Å². The van der Waals surface area contributed by atoms with Crippen molar-refractivity contribution >= 4 is 23.1 Å². The second kappa shape index (κ2) is 10.9. The van der Waals surface area contributed by atoms with Crippen molar-refractivity contribution in [1.29, 1.82) is 0 Å². The fourth-order valence-corrected chi connectivity index (χ4v) is 4.24. The molecular formula is C27H26F4N4O3. The summed E-state index contributed by atoms with van der Waals surface area (Å²) in [5.74, 6) is -5.21. The number of Topliss-reactive ketones (excluding diaryl/α,β-unsaturated/α-hetero) is 1. The third-order valence-corrected chi connectivity index (χ3v) is 6.44. The van der Waals surface area contributed by atoms with Crippen LogP contribution >= 0.6 is 0 Å². The molecule has 0 bridgehead atoms. The number of carbonyl (C=O) groups is 2. The predicted molar refractivity (Wildman–Crippen MR) is 131 cm³/mol. The van der Waals surface area contributed by atoms with Gasteiger partial charge in [-0.15, -0.1) is 0 Å². The maximum atomic E-state index is 14.8. The van der Waals surface area contributed by atoms with Crippen LogP contribution in [0.15, 0.2) is 48.8 Å². The van der Waals surface area contributed by atoms with Crippen LogP contribution in [0.5, 0.6) is 0 Å². The molecule has 2 N–H and O–H groups in total. The minimum atomic E-state index is -3.32. The zero-order chi connectivity index (χ0) is 27.5. The van der Waals surface area contributed by atoms with E-state index in [2.05, 4.69) is 20.6 Å². The zero-order valence-corrected chi connectivity index (χ0v) is 20.8. The maximum absolute atomic E-state index is 14.8. The van der Waals surface area contributed by atoms with Crippen molar-refractivity contribution in [2.24, 2.45) is 5.41 Å². The molecule has 1 amide bonds. The van der Waals surface area contributed by atoms with E-state index in [-0.39, 0.29) is 42.2 Å². The van der Waals surface area contributed by atoms with Gasteiger partial charge in [0.1, 0.15) is 17.5 Å². The number of anilines is 2. The van der Waals surface area contributed by atoms with Crippen LogP contribution < -0.4 is 10.6 Å². The van der Waals surface area contributed by atoms with E-state index in [0.717, 1.165) is 18.2 Å². The highest BCUT2D eigenvalue weighted by molar-refractivity contribution is 5.99. The molecule has 1 fully saturated rings. The number of hydrogen-bond donors (Lipinski definition) is 2. The molecule has 0 unspecified atom stereocenters.